The van der Waals surface area contributed by atoms with Gasteiger partial charge in [-0.1, -0.05) is 30.3 Å². The molecular weight excluding hydrogens is 286 g/mol. The van der Waals surface area contributed by atoms with E-state index < -0.39 is 0 Å². The molecule has 3 heterocycles. The van der Waals surface area contributed by atoms with Gasteiger partial charge in [0.05, 0.1) is 11.6 Å². The molecule has 23 heavy (non-hydrogen) atoms. The first kappa shape index (κ1) is 14.2. The van der Waals surface area contributed by atoms with E-state index in [2.05, 4.69) is 34.3 Å². The van der Waals surface area contributed by atoms with E-state index in [1.54, 1.807) is 0 Å². The fourth-order valence-electron chi connectivity index (χ4n) is 3.23. The predicted molar refractivity (Wildman–Crippen MR) is 91.6 cm³/mol. The first-order valence-electron chi connectivity index (χ1n) is 8.29. The second-order valence-corrected chi connectivity index (χ2v) is 6.15. The third kappa shape index (κ3) is 2.79. The molecule has 1 aliphatic heterocycles. The number of rotatable bonds is 4. The normalized spacial score (nSPS) is 14.7. The molecule has 0 atom stereocenters. The van der Waals surface area contributed by atoms with E-state index in [1.165, 1.54) is 18.4 Å². The summed E-state index contributed by atoms with van der Waals surface area (Å²) in [6.45, 7) is 2.16. The average Bonchev–Trinajstić information content (AvgIpc) is 3.24. The summed E-state index contributed by atoms with van der Waals surface area (Å²) in [5.41, 5.74) is 2.26. The van der Waals surface area contributed by atoms with Gasteiger partial charge in [-0.05, 0) is 24.8 Å². The quantitative estimate of drug-likeness (QED) is 0.743. The highest BCUT2D eigenvalue weighted by Crippen LogP contribution is 2.26. The van der Waals surface area contributed by atoms with E-state index in [0.717, 1.165) is 48.6 Å². The molecule has 0 unspecified atom stereocenters. The Morgan fingerprint density at radius 3 is 2.57 bits per heavy atom. The molecule has 1 aliphatic rings. The zero-order valence-electron chi connectivity index (χ0n) is 13.4. The summed E-state index contributed by atoms with van der Waals surface area (Å²) in [5.74, 6) is 1.97. The molecule has 3 aromatic rings. The van der Waals surface area contributed by atoms with Gasteiger partial charge in [0.15, 0.2) is 5.65 Å². The lowest BCUT2D eigenvalue weighted by molar-refractivity contribution is 0.773. The van der Waals surface area contributed by atoms with Crippen LogP contribution in [0.25, 0.3) is 11.0 Å². The Bertz CT molecular complexity index is 803. The van der Waals surface area contributed by atoms with Crippen molar-refractivity contribution in [1.82, 2.24) is 19.7 Å². The Morgan fingerprint density at radius 1 is 1.00 bits per heavy atom. The fourth-order valence-corrected chi connectivity index (χ4v) is 3.23. The maximum atomic E-state index is 4.87. The predicted octanol–water partition coefficient (Wildman–Crippen LogP) is 2.75. The van der Waals surface area contributed by atoms with Crippen molar-refractivity contribution in [3.63, 3.8) is 0 Å². The van der Waals surface area contributed by atoms with E-state index in [4.69, 9.17) is 9.97 Å². The van der Waals surface area contributed by atoms with E-state index in [9.17, 15) is 0 Å². The van der Waals surface area contributed by atoms with Crippen LogP contribution in [0.3, 0.4) is 0 Å². The minimum atomic E-state index is 0.853. The van der Waals surface area contributed by atoms with Crippen LogP contribution in [0.4, 0.5) is 5.82 Å². The van der Waals surface area contributed by atoms with Gasteiger partial charge >= 0.3 is 0 Å². The first-order valence-corrected chi connectivity index (χ1v) is 8.29. The molecule has 0 saturated carbocycles. The topological polar surface area (TPSA) is 46.8 Å². The Hall–Kier alpha value is -2.43. The van der Waals surface area contributed by atoms with Crippen LogP contribution in [-0.2, 0) is 19.9 Å². The van der Waals surface area contributed by atoms with Gasteiger partial charge in [0, 0.05) is 26.6 Å². The van der Waals surface area contributed by atoms with E-state index >= 15 is 0 Å². The Labute approximate surface area is 136 Å². The van der Waals surface area contributed by atoms with Crippen molar-refractivity contribution in [2.45, 2.75) is 25.7 Å². The molecule has 1 saturated heterocycles. The Balaban J connectivity index is 1.67. The van der Waals surface area contributed by atoms with Crippen LogP contribution in [0.1, 0.15) is 24.2 Å². The van der Waals surface area contributed by atoms with Crippen LogP contribution in [-0.4, -0.2) is 32.8 Å². The number of fused-ring (bicyclic) bond motifs is 1. The van der Waals surface area contributed by atoms with E-state index in [0.29, 0.717) is 0 Å². The van der Waals surface area contributed by atoms with Crippen LogP contribution in [0.15, 0.2) is 36.5 Å². The second kappa shape index (κ2) is 5.99. The molecule has 0 N–H and O–H groups in total. The van der Waals surface area contributed by atoms with Crippen molar-refractivity contribution in [1.29, 1.82) is 0 Å². The molecule has 1 fully saturated rings. The van der Waals surface area contributed by atoms with E-state index in [1.807, 2.05) is 24.0 Å². The lowest BCUT2D eigenvalue weighted by atomic mass is 10.1. The minimum Gasteiger partial charge on any atom is -0.356 e. The van der Waals surface area contributed by atoms with Crippen LogP contribution in [0.5, 0.6) is 0 Å². The number of aromatic nitrogens is 4. The number of benzene rings is 1. The maximum Gasteiger partial charge on any atom is 0.163 e. The Morgan fingerprint density at radius 2 is 1.78 bits per heavy atom. The average molecular weight is 307 g/mol. The summed E-state index contributed by atoms with van der Waals surface area (Å²) in [5, 5.41) is 5.44. The largest absolute Gasteiger partial charge is 0.356 e. The first-order chi connectivity index (χ1) is 11.3. The molecule has 0 radical (unpaired) electrons. The number of anilines is 1. The molecule has 1 aromatic carbocycles. The van der Waals surface area contributed by atoms with Gasteiger partial charge < -0.3 is 4.90 Å². The molecular formula is C18H21N5. The van der Waals surface area contributed by atoms with Gasteiger partial charge in [0.1, 0.15) is 11.6 Å². The summed E-state index contributed by atoms with van der Waals surface area (Å²) in [6, 6.07) is 10.5. The standard InChI is InChI=1S/C18H21N5/c1-22-17-15(13-19-22)18(23-11-5-6-12-23)21-16(20-17)10-9-14-7-3-2-4-8-14/h2-4,7-8,13H,5-6,9-12H2,1H3. The monoisotopic (exact) mass is 307 g/mol. The van der Waals surface area contributed by atoms with Crippen molar-refractivity contribution in [3.05, 3.63) is 47.9 Å². The number of nitrogens with zero attached hydrogens (tertiary/aromatic N) is 5. The maximum absolute atomic E-state index is 4.87. The zero-order chi connectivity index (χ0) is 15.6. The lowest BCUT2D eigenvalue weighted by Crippen LogP contribution is -2.20. The summed E-state index contributed by atoms with van der Waals surface area (Å²) < 4.78 is 1.85. The van der Waals surface area contributed by atoms with Gasteiger partial charge in [0.2, 0.25) is 0 Å². The van der Waals surface area contributed by atoms with Crippen molar-refractivity contribution < 1.29 is 0 Å². The zero-order valence-corrected chi connectivity index (χ0v) is 13.4. The third-order valence-corrected chi connectivity index (χ3v) is 4.50. The Kier molecular flexibility index (Phi) is 3.69. The molecule has 0 spiro atoms. The van der Waals surface area contributed by atoms with Crippen LogP contribution in [0.2, 0.25) is 0 Å². The lowest BCUT2D eigenvalue weighted by Gasteiger charge is -2.18. The fraction of sp³-hybridized carbons (Fsp3) is 0.389. The molecule has 0 aliphatic carbocycles. The van der Waals surface area contributed by atoms with Crippen LogP contribution < -0.4 is 4.90 Å². The molecule has 118 valence electrons. The molecule has 4 rings (SSSR count). The number of hydrogen-bond acceptors (Lipinski definition) is 4. The SMILES string of the molecule is Cn1ncc2c(N3CCCC3)nc(CCc3ccccc3)nc21. The van der Waals surface area contributed by atoms with Gasteiger partial charge in [-0.15, -0.1) is 0 Å². The summed E-state index contributed by atoms with van der Waals surface area (Å²) in [6.07, 6.45) is 6.19. The smallest absolute Gasteiger partial charge is 0.163 e. The van der Waals surface area contributed by atoms with Gasteiger partial charge in [-0.2, -0.15) is 5.10 Å². The van der Waals surface area contributed by atoms with Crippen molar-refractivity contribution in [2.75, 3.05) is 18.0 Å². The summed E-state index contributed by atoms with van der Waals surface area (Å²) in [4.78, 5) is 12.0. The molecule has 2 aromatic heterocycles. The van der Waals surface area contributed by atoms with Crippen molar-refractivity contribution >= 4 is 16.9 Å². The molecule has 5 nitrogen and oxygen atoms in total. The van der Waals surface area contributed by atoms with Gasteiger partial charge in [-0.3, -0.25) is 4.68 Å². The molecule has 5 heteroatoms. The highest BCUT2D eigenvalue weighted by Gasteiger charge is 2.19. The molecule has 0 bridgehead atoms. The summed E-state index contributed by atoms with van der Waals surface area (Å²) >= 11 is 0. The van der Waals surface area contributed by atoms with Crippen molar-refractivity contribution in [2.24, 2.45) is 7.05 Å². The minimum absolute atomic E-state index is 0.853. The summed E-state index contributed by atoms with van der Waals surface area (Å²) in [7, 11) is 1.95. The van der Waals surface area contributed by atoms with Crippen molar-refractivity contribution in [3.8, 4) is 0 Å². The second-order valence-electron chi connectivity index (χ2n) is 6.15. The third-order valence-electron chi connectivity index (χ3n) is 4.50. The highest BCUT2D eigenvalue weighted by atomic mass is 15.3. The highest BCUT2D eigenvalue weighted by molar-refractivity contribution is 5.87. The number of aryl methyl sites for hydroxylation is 3. The van der Waals surface area contributed by atoms with Crippen LogP contribution in [0, 0.1) is 0 Å². The van der Waals surface area contributed by atoms with Crippen LogP contribution >= 0.6 is 0 Å². The number of hydrogen-bond donors (Lipinski definition) is 0. The molecule has 0 amide bonds. The van der Waals surface area contributed by atoms with Gasteiger partial charge in [0.25, 0.3) is 0 Å². The van der Waals surface area contributed by atoms with E-state index in [-0.39, 0.29) is 0 Å². The van der Waals surface area contributed by atoms with Gasteiger partial charge in [-0.25, -0.2) is 9.97 Å².